The van der Waals surface area contributed by atoms with Crippen molar-refractivity contribution in [1.29, 1.82) is 0 Å². The van der Waals surface area contributed by atoms with Gasteiger partial charge >= 0.3 is 19.4 Å². The summed E-state index contributed by atoms with van der Waals surface area (Å²) in [5.41, 5.74) is 4.77. The van der Waals surface area contributed by atoms with Crippen molar-refractivity contribution in [1.82, 2.24) is 19.6 Å². The Hall–Kier alpha value is -1.50. The van der Waals surface area contributed by atoms with Crippen molar-refractivity contribution in [3.8, 4) is 0 Å². The lowest BCUT2D eigenvalue weighted by Crippen LogP contribution is -2.35. The molecule has 1 saturated heterocycles. The molecule has 5 atom stereocenters. The highest BCUT2D eigenvalue weighted by molar-refractivity contribution is 8.00. The van der Waals surface area contributed by atoms with Gasteiger partial charge in [0.1, 0.15) is 12.4 Å². The Bertz CT molecular complexity index is 852. The average Bonchev–Trinajstić information content (AvgIpc) is 3.07. The smallest absolute Gasteiger partial charge is 0.403 e. The van der Waals surface area contributed by atoms with Crippen LogP contribution in [0.15, 0.2) is 11.1 Å². The molecule has 0 bridgehead atoms. The Labute approximate surface area is 184 Å². The minimum absolute atomic E-state index is 0.149. The van der Waals surface area contributed by atoms with E-state index in [1.165, 1.54) is 29.6 Å². The Morgan fingerprint density at radius 1 is 1.48 bits per heavy atom. The van der Waals surface area contributed by atoms with Crippen molar-refractivity contribution >= 4 is 31.4 Å². The summed E-state index contributed by atoms with van der Waals surface area (Å²) >= 11 is 1.19. The van der Waals surface area contributed by atoms with E-state index in [0.717, 1.165) is 12.8 Å². The van der Waals surface area contributed by atoms with Crippen LogP contribution in [0.3, 0.4) is 0 Å². The highest BCUT2D eigenvalue weighted by Gasteiger charge is 2.37. The standard InChI is InChI=1S/C17H30N5O7PS/c1-4-11(5-2)7-28-15(24)10(3)21-30(26,27)29-8-13-12(23)6-14(31-13)22-9-19-16(18)20-17(22)25/h9-14,23H,4-8H2,1-3H3,(H2,18,20,25)(H2,21,26,27)/t10-,12+,13?,14+/m0/s1. The molecule has 0 saturated carbocycles. The second kappa shape index (κ2) is 11.4. The van der Waals surface area contributed by atoms with E-state index < -0.39 is 42.2 Å². The van der Waals surface area contributed by atoms with E-state index >= 15 is 0 Å². The van der Waals surface area contributed by atoms with E-state index in [1.807, 2.05) is 13.8 Å². The number of carbonyl (C=O) groups is 1. The van der Waals surface area contributed by atoms with Crippen molar-refractivity contribution in [2.45, 2.75) is 62.8 Å². The first-order valence-electron chi connectivity index (χ1n) is 10.0. The lowest BCUT2D eigenvalue weighted by Gasteiger charge is -2.21. The maximum Gasteiger partial charge on any atom is 0.403 e. The van der Waals surface area contributed by atoms with Gasteiger partial charge in [-0.2, -0.15) is 4.98 Å². The third-order valence-electron chi connectivity index (χ3n) is 5.00. The number of aliphatic hydroxyl groups is 1. The molecule has 0 aromatic carbocycles. The molecule has 1 aromatic heterocycles. The average molecular weight is 479 g/mol. The number of nitrogens with one attached hydrogen (secondary N) is 1. The fourth-order valence-electron chi connectivity index (χ4n) is 2.95. The van der Waals surface area contributed by atoms with E-state index in [1.54, 1.807) is 0 Å². The molecule has 31 heavy (non-hydrogen) atoms. The highest BCUT2D eigenvalue weighted by Crippen LogP contribution is 2.44. The highest BCUT2D eigenvalue weighted by atomic mass is 32.2. The lowest BCUT2D eigenvalue weighted by molar-refractivity contribution is -0.146. The molecular weight excluding hydrogens is 449 g/mol. The molecule has 1 aliphatic rings. The van der Waals surface area contributed by atoms with Gasteiger partial charge in [-0.3, -0.25) is 13.9 Å². The van der Waals surface area contributed by atoms with Crippen molar-refractivity contribution in [2.24, 2.45) is 5.92 Å². The molecular formula is C17H30N5O7PS. The predicted octanol–water partition coefficient (Wildman–Crippen LogP) is 0.660. The molecule has 5 N–H and O–H groups in total. The second-order valence-corrected chi connectivity index (χ2v) is 10.3. The number of esters is 1. The van der Waals surface area contributed by atoms with Gasteiger partial charge in [-0.1, -0.05) is 26.7 Å². The van der Waals surface area contributed by atoms with Gasteiger partial charge < -0.3 is 20.5 Å². The zero-order valence-corrected chi connectivity index (χ0v) is 19.4. The number of nitrogens with two attached hydrogens (primary N) is 1. The van der Waals surface area contributed by atoms with Crippen molar-refractivity contribution in [2.75, 3.05) is 18.9 Å². The summed E-state index contributed by atoms with van der Waals surface area (Å²) < 4.78 is 23.8. The van der Waals surface area contributed by atoms with Crippen LogP contribution < -0.4 is 16.5 Å². The summed E-state index contributed by atoms with van der Waals surface area (Å²) in [7, 11) is -4.34. The van der Waals surface area contributed by atoms with Crippen LogP contribution in [-0.2, 0) is 18.6 Å². The first kappa shape index (κ1) is 25.8. The second-order valence-electron chi connectivity index (χ2n) is 7.32. The minimum Gasteiger partial charge on any atom is -0.464 e. The van der Waals surface area contributed by atoms with Crippen LogP contribution in [0.25, 0.3) is 0 Å². The largest absolute Gasteiger partial charge is 0.464 e. The van der Waals surface area contributed by atoms with Crippen LogP contribution in [0.4, 0.5) is 5.95 Å². The molecule has 2 heterocycles. The summed E-state index contributed by atoms with van der Waals surface area (Å²) in [5, 5.41) is 11.5. The number of hydrogen-bond donors (Lipinski definition) is 4. The fourth-order valence-corrected chi connectivity index (χ4v) is 5.51. The van der Waals surface area contributed by atoms with Gasteiger partial charge in [0.05, 0.1) is 29.9 Å². The molecule has 0 spiro atoms. The Kier molecular flexibility index (Phi) is 9.46. The van der Waals surface area contributed by atoms with Crippen LogP contribution >= 0.6 is 19.5 Å². The van der Waals surface area contributed by atoms with Gasteiger partial charge in [-0.05, 0) is 12.8 Å². The first-order valence-corrected chi connectivity index (χ1v) is 12.5. The van der Waals surface area contributed by atoms with Crippen LogP contribution in [0.1, 0.15) is 45.4 Å². The van der Waals surface area contributed by atoms with Gasteiger partial charge in [-0.25, -0.2) is 19.4 Å². The zero-order valence-electron chi connectivity index (χ0n) is 17.7. The number of aliphatic hydroxyl groups excluding tert-OH is 1. The van der Waals surface area contributed by atoms with Gasteiger partial charge in [0, 0.05) is 6.42 Å². The number of ether oxygens (including phenoxy) is 1. The van der Waals surface area contributed by atoms with Gasteiger partial charge in [-0.15, -0.1) is 11.8 Å². The Morgan fingerprint density at radius 2 is 2.16 bits per heavy atom. The van der Waals surface area contributed by atoms with E-state index in [4.69, 9.17) is 15.0 Å². The van der Waals surface area contributed by atoms with Gasteiger partial charge in [0.25, 0.3) is 0 Å². The van der Waals surface area contributed by atoms with Gasteiger partial charge in [0.2, 0.25) is 5.95 Å². The zero-order chi connectivity index (χ0) is 23.2. The molecule has 1 aliphatic heterocycles. The molecule has 0 aliphatic carbocycles. The SMILES string of the molecule is CCC(CC)COC(=O)[C@H](C)NP(=O)(O)OCC1S[C@@H](n2cnc(N)nc2=O)C[C@H]1O. The van der Waals surface area contributed by atoms with Crippen LogP contribution in [-0.4, -0.2) is 61.1 Å². The van der Waals surface area contributed by atoms with E-state index in [2.05, 4.69) is 15.1 Å². The molecule has 14 heteroatoms. The topological polar surface area (TPSA) is 179 Å². The number of aromatic nitrogens is 3. The summed E-state index contributed by atoms with van der Waals surface area (Å²) in [6, 6.07) is -1.05. The third-order valence-corrected chi connectivity index (χ3v) is 7.75. The monoisotopic (exact) mass is 479 g/mol. The molecule has 176 valence electrons. The first-order chi connectivity index (χ1) is 14.6. The number of carbonyl (C=O) groups excluding carboxylic acids is 1. The van der Waals surface area contributed by atoms with Crippen molar-refractivity contribution in [3.05, 3.63) is 16.8 Å². The van der Waals surface area contributed by atoms with Crippen molar-refractivity contribution < 1.29 is 28.6 Å². The predicted molar refractivity (Wildman–Crippen MR) is 115 cm³/mol. The molecule has 2 rings (SSSR count). The molecule has 0 radical (unpaired) electrons. The van der Waals surface area contributed by atoms with E-state index in [9.17, 15) is 24.2 Å². The molecule has 1 aromatic rings. The maximum atomic E-state index is 12.3. The number of rotatable bonds is 11. The van der Waals surface area contributed by atoms with Crippen molar-refractivity contribution in [3.63, 3.8) is 0 Å². The summed E-state index contributed by atoms with van der Waals surface area (Å²) in [5.74, 6) is -0.562. The number of thioether (sulfide) groups is 1. The fraction of sp³-hybridized carbons (Fsp3) is 0.765. The molecule has 12 nitrogen and oxygen atoms in total. The third kappa shape index (κ3) is 7.55. The lowest BCUT2D eigenvalue weighted by atomic mass is 10.1. The normalized spacial score (nSPS) is 24.1. The molecule has 2 unspecified atom stereocenters. The quantitative estimate of drug-likeness (QED) is 0.258. The number of nitrogens with zero attached hydrogens (tertiary/aromatic N) is 3. The van der Waals surface area contributed by atoms with Crippen LogP contribution in [0.2, 0.25) is 0 Å². The molecule has 0 amide bonds. The number of nitrogen functional groups attached to an aromatic ring is 1. The van der Waals surface area contributed by atoms with Gasteiger partial charge in [0.15, 0.2) is 0 Å². The Balaban J connectivity index is 1.86. The maximum absolute atomic E-state index is 12.3. The number of anilines is 1. The Morgan fingerprint density at radius 3 is 2.77 bits per heavy atom. The minimum atomic E-state index is -4.34. The number of hydrogen-bond acceptors (Lipinski definition) is 10. The van der Waals surface area contributed by atoms with E-state index in [-0.39, 0.29) is 31.5 Å². The molecule has 1 fully saturated rings. The summed E-state index contributed by atoms with van der Waals surface area (Å²) in [4.78, 5) is 41.4. The van der Waals surface area contributed by atoms with Crippen LogP contribution in [0, 0.1) is 5.92 Å². The summed E-state index contributed by atoms with van der Waals surface area (Å²) in [6.07, 6.45) is 2.29. The van der Waals surface area contributed by atoms with E-state index in [0.29, 0.717) is 0 Å². The summed E-state index contributed by atoms with van der Waals surface area (Å²) in [6.45, 7) is 5.37. The van der Waals surface area contributed by atoms with Crippen LogP contribution in [0.5, 0.6) is 0 Å².